The van der Waals surface area contributed by atoms with Gasteiger partial charge in [0.05, 0.1) is 41.9 Å². The summed E-state index contributed by atoms with van der Waals surface area (Å²) in [5.41, 5.74) is 4.72. The zero-order chi connectivity index (χ0) is 36.9. The van der Waals surface area contributed by atoms with Crippen molar-refractivity contribution in [3.8, 4) is 28.6 Å². The minimum absolute atomic E-state index is 0.0400. The molecule has 1 atom stereocenters. The van der Waals surface area contributed by atoms with Gasteiger partial charge >= 0.3 is 0 Å². The summed E-state index contributed by atoms with van der Waals surface area (Å²) in [5.74, 6) is 0.801. The summed E-state index contributed by atoms with van der Waals surface area (Å²) in [6.45, 7) is 2.77. The number of carbonyl (C=O) groups is 3. The maximum absolute atomic E-state index is 13.9. The molecule has 2 aromatic carbocycles. The van der Waals surface area contributed by atoms with Gasteiger partial charge in [-0.05, 0) is 92.1 Å². The van der Waals surface area contributed by atoms with E-state index in [1.807, 2.05) is 41.1 Å². The first-order valence-corrected chi connectivity index (χ1v) is 18.5. The molecule has 4 aliphatic rings. The molecule has 0 spiro atoms. The maximum Gasteiger partial charge on any atom is 0.249 e. The van der Waals surface area contributed by atoms with Crippen LogP contribution in [0.3, 0.4) is 0 Å². The SMILES string of the molecule is O=C1CCC(N2CCOc3c(C4CCC(N5CCN(c6ccc(-n7ccc8nnc(-c9cc(F)ccc9O)cc87)nc6)C(=O)C5)CC4)cccc32)C(=O)N1. The minimum Gasteiger partial charge on any atom is -0.507 e. The number of aromatic hydroxyl groups is 1. The first-order chi connectivity index (χ1) is 26.3. The lowest BCUT2D eigenvalue weighted by Crippen LogP contribution is -2.54. The van der Waals surface area contributed by atoms with Gasteiger partial charge in [-0.3, -0.25) is 29.2 Å². The van der Waals surface area contributed by atoms with Crippen LogP contribution in [0.1, 0.15) is 50.0 Å². The number of benzene rings is 2. The molecule has 9 rings (SSSR count). The van der Waals surface area contributed by atoms with Crippen molar-refractivity contribution in [1.82, 2.24) is 30.0 Å². The predicted molar refractivity (Wildman–Crippen MR) is 198 cm³/mol. The number of carbonyl (C=O) groups excluding carboxylic acids is 3. The second-order valence-electron chi connectivity index (χ2n) is 14.4. The van der Waals surface area contributed by atoms with E-state index in [-0.39, 0.29) is 35.1 Å². The van der Waals surface area contributed by atoms with Crippen molar-refractivity contribution in [2.75, 3.05) is 42.6 Å². The van der Waals surface area contributed by atoms with Gasteiger partial charge in [0.25, 0.3) is 0 Å². The van der Waals surface area contributed by atoms with Crippen LogP contribution in [0.25, 0.3) is 28.1 Å². The first kappa shape index (κ1) is 33.9. The van der Waals surface area contributed by atoms with E-state index in [0.717, 1.165) is 49.4 Å². The lowest BCUT2D eigenvalue weighted by atomic mass is 9.80. The van der Waals surface area contributed by atoms with Crippen LogP contribution < -0.4 is 19.9 Å². The number of nitrogens with zero attached hydrogens (tertiary/aromatic N) is 7. The Morgan fingerprint density at radius 1 is 0.907 bits per heavy atom. The Hall–Kier alpha value is -5.89. The second-order valence-corrected chi connectivity index (χ2v) is 14.4. The number of halogens is 1. The van der Waals surface area contributed by atoms with Crippen molar-refractivity contribution < 1.29 is 28.6 Å². The molecule has 5 aromatic rings. The molecule has 2 saturated heterocycles. The van der Waals surface area contributed by atoms with Crippen LogP contribution in [0, 0.1) is 5.82 Å². The number of hydrogen-bond donors (Lipinski definition) is 2. The number of nitrogens with one attached hydrogen (secondary N) is 1. The van der Waals surface area contributed by atoms with Gasteiger partial charge in [0.1, 0.15) is 41.3 Å². The highest BCUT2D eigenvalue weighted by molar-refractivity contribution is 6.02. The third-order valence-corrected chi connectivity index (χ3v) is 11.4. The monoisotopic (exact) mass is 730 g/mol. The molecule has 1 saturated carbocycles. The Morgan fingerprint density at radius 3 is 2.57 bits per heavy atom. The van der Waals surface area contributed by atoms with Gasteiger partial charge in [0.15, 0.2) is 0 Å². The Labute approximate surface area is 310 Å². The third kappa shape index (κ3) is 6.19. The largest absolute Gasteiger partial charge is 0.507 e. The summed E-state index contributed by atoms with van der Waals surface area (Å²) in [6, 6.07) is 17.1. The van der Waals surface area contributed by atoms with E-state index in [2.05, 4.69) is 36.4 Å². The van der Waals surface area contributed by atoms with Crippen molar-refractivity contribution >= 4 is 40.1 Å². The average Bonchev–Trinajstić information content (AvgIpc) is 3.62. The fourth-order valence-electron chi connectivity index (χ4n) is 8.60. The fourth-order valence-corrected chi connectivity index (χ4v) is 8.60. The molecule has 6 heterocycles. The smallest absolute Gasteiger partial charge is 0.249 e. The third-order valence-electron chi connectivity index (χ3n) is 11.4. The maximum atomic E-state index is 13.9. The molecule has 3 aliphatic heterocycles. The zero-order valence-corrected chi connectivity index (χ0v) is 29.5. The van der Waals surface area contributed by atoms with Gasteiger partial charge in [-0.2, -0.15) is 0 Å². The first-order valence-electron chi connectivity index (χ1n) is 18.5. The highest BCUT2D eigenvalue weighted by Gasteiger charge is 2.37. The number of aromatic nitrogens is 4. The van der Waals surface area contributed by atoms with Crippen LogP contribution in [0.4, 0.5) is 15.8 Å². The number of pyridine rings is 1. The van der Waals surface area contributed by atoms with Gasteiger partial charge in [0, 0.05) is 37.3 Å². The summed E-state index contributed by atoms with van der Waals surface area (Å²) in [5, 5.41) is 21.2. The number of anilines is 2. The van der Waals surface area contributed by atoms with Crippen LogP contribution in [0.2, 0.25) is 0 Å². The number of piperidine rings is 1. The van der Waals surface area contributed by atoms with E-state index in [1.54, 1.807) is 17.2 Å². The molecular formula is C40H39FN8O5. The van der Waals surface area contributed by atoms with Gasteiger partial charge in [0.2, 0.25) is 17.7 Å². The molecule has 3 aromatic heterocycles. The number of phenolic OH excluding ortho intramolecular Hbond substituents is 1. The van der Waals surface area contributed by atoms with Gasteiger partial charge in [-0.25, -0.2) is 9.37 Å². The topological polar surface area (TPSA) is 146 Å². The highest BCUT2D eigenvalue weighted by atomic mass is 19.1. The number of rotatable bonds is 6. The van der Waals surface area contributed by atoms with Gasteiger partial charge in [-0.1, -0.05) is 12.1 Å². The normalized spacial score (nSPS) is 22.2. The number of hydrogen-bond acceptors (Lipinski definition) is 10. The molecule has 3 fully saturated rings. The fraction of sp³-hybridized carbons (Fsp3) is 0.350. The zero-order valence-electron chi connectivity index (χ0n) is 29.5. The average molecular weight is 731 g/mol. The van der Waals surface area contributed by atoms with Crippen molar-refractivity contribution in [2.24, 2.45) is 0 Å². The number of imide groups is 1. The molecule has 1 unspecified atom stereocenters. The number of amides is 3. The van der Waals surface area contributed by atoms with Crippen molar-refractivity contribution in [2.45, 2.75) is 56.5 Å². The van der Waals surface area contributed by atoms with E-state index in [0.29, 0.717) is 73.6 Å². The van der Waals surface area contributed by atoms with Gasteiger partial charge < -0.3 is 19.6 Å². The van der Waals surface area contributed by atoms with Crippen LogP contribution in [-0.4, -0.2) is 92.3 Å². The standard InChI is InChI=1S/C40H39FN8O5/c41-25-6-11-35(50)29(20-25)31-21-34-30(44-45-31)14-15-49(34)36-12-9-27(22-42-36)47-17-16-46(23-38(47)52)26-7-4-24(5-8-26)28-2-1-3-32-39(28)54-19-18-48(32)33-10-13-37(51)43-40(33)53/h1-3,6,9,11-12,14-15,20-22,24,26,33,50H,4-5,7-8,10,13,16-19,23H2,(H,43,51,53). The summed E-state index contributed by atoms with van der Waals surface area (Å²) in [7, 11) is 0. The molecule has 54 heavy (non-hydrogen) atoms. The van der Waals surface area contributed by atoms with E-state index in [4.69, 9.17) is 4.74 Å². The summed E-state index contributed by atoms with van der Waals surface area (Å²) in [4.78, 5) is 48.9. The van der Waals surface area contributed by atoms with Crippen LogP contribution >= 0.6 is 0 Å². The van der Waals surface area contributed by atoms with Crippen molar-refractivity contribution in [3.63, 3.8) is 0 Å². The Kier molecular flexibility index (Phi) is 8.68. The minimum atomic E-state index is -0.487. The number of ether oxygens (including phenoxy) is 1. The molecule has 1 aliphatic carbocycles. The lowest BCUT2D eigenvalue weighted by molar-refractivity contribution is -0.134. The van der Waals surface area contributed by atoms with Crippen LogP contribution in [0.15, 0.2) is 73.1 Å². The second kappa shape index (κ2) is 13.8. The Balaban J connectivity index is 0.837. The van der Waals surface area contributed by atoms with E-state index in [9.17, 15) is 23.9 Å². The quantitative estimate of drug-likeness (QED) is 0.236. The van der Waals surface area contributed by atoms with E-state index in [1.165, 1.54) is 23.8 Å². The molecule has 13 nitrogen and oxygen atoms in total. The molecule has 0 radical (unpaired) electrons. The van der Waals surface area contributed by atoms with Crippen molar-refractivity contribution in [3.05, 3.63) is 84.4 Å². The lowest BCUT2D eigenvalue weighted by Gasteiger charge is -2.42. The van der Waals surface area contributed by atoms with Crippen molar-refractivity contribution in [1.29, 1.82) is 0 Å². The summed E-state index contributed by atoms with van der Waals surface area (Å²) >= 11 is 0. The number of fused-ring (bicyclic) bond motifs is 2. The predicted octanol–water partition coefficient (Wildman–Crippen LogP) is 4.71. The molecule has 0 bridgehead atoms. The van der Waals surface area contributed by atoms with E-state index >= 15 is 0 Å². The Morgan fingerprint density at radius 2 is 1.78 bits per heavy atom. The highest BCUT2D eigenvalue weighted by Crippen LogP contribution is 2.45. The molecule has 276 valence electrons. The summed E-state index contributed by atoms with van der Waals surface area (Å²) in [6.07, 6.45) is 8.28. The Bertz CT molecular complexity index is 2270. The molecule has 14 heteroatoms. The van der Waals surface area contributed by atoms with Crippen LogP contribution in [0.5, 0.6) is 11.5 Å². The van der Waals surface area contributed by atoms with E-state index < -0.39 is 5.82 Å². The molecular weight excluding hydrogens is 691 g/mol. The number of para-hydroxylation sites is 1. The number of piperazine rings is 1. The molecule has 3 amide bonds. The molecule has 2 N–H and O–H groups in total. The van der Waals surface area contributed by atoms with Crippen LogP contribution in [-0.2, 0) is 14.4 Å². The number of phenols is 1. The van der Waals surface area contributed by atoms with Gasteiger partial charge in [-0.15, -0.1) is 10.2 Å². The summed E-state index contributed by atoms with van der Waals surface area (Å²) < 4.78 is 22.0.